The molecule has 4 rings (SSSR count). The maximum absolute atomic E-state index is 13.2. The smallest absolute Gasteiger partial charge is 0.343 e. The second kappa shape index (κ2) is 6.51. The van der Waals surface area contributed by atoms with E-state index in [0.717, 1.165) is 11.3 Å². The van der Waals surface area contributed by atoms with Crippen molar-refractivity contribution in [2.24, 2.45) is 5.41 Å². The highest BCUT2D eigenvalue weighted by atomic mass is 16.5. The van der Waals surface area contributed by atoms with Crippen LogP contribution in [0.3, 0.4) is 0 Å². The van der Waals surface area contributed by atoms with E-state index in [1.807, 2.05) is 24.3 Å². The van der Waals surface area contributed by atoms with Gasteiger partial charge in [0.1, 0.15) is 23.2 Å². The van der Waals surface area contributed by atoms with Gasteiger partial charge < -0.3 is 14.8 Å². The number of para-hydroxylation sites is 1. The third-order valence-corrected chi connectivity index (χ3v) is 5.34. The number of esters is 1. The summed E-state index contributed by atoms with van der Waals surface area (Å²) in [4.78, 5) is 25.4. The van der Waals surface area contributed by atoms with Crippen LogP contribution in [0.1, 0.15) is 48.7 Å². The van der Waals surface area contributed by atoms with E-state index in [1.54, 1.807) is 11.8 Å². The molecule has 0 spiro atoms. The molecule has 1 aromatic carbocycles. The summed E-state index contributed by atoms with van der Waals surface area (Å²) in [7, 11) is 2.94. The van der Waals surface area contributed by atoms with Crippen LogP contribution in [-0.2, 0) is 9.53 Å². The predicted molar refractivity (Wildman–Crippen MR) is 103 cm³/mol. The summed E-state index contributed by atoms with van der Waals surface area (Å²) in [6.07, 6.45) is 2.63. The Morgan fingerprint density at radius 2 is 2.00 bits per heavy atom. The fourth-order valence-corrected chi connectivity index (χ4v) is 4.15. The molecule has 0 radical (unpaired) electrons. The molecule has 0 saturated heterocycles. The Labute approximate surface area is 163 Å². The van der Waals surface area contributed by atoms with Crippen LogP contribution in [0.2, 0.25) is 0 Å². The van der Waals surface area contributed by atoms with E-state index >= 15 is 0 Å². The van der Waals surface area contributed by atoms with Crippen molar-refractivity contribution in [3.63, 3.8) is 0 Å². The van der Waals surface area contributed by atoms with E-state index in [1.165, 1.54) is 13.3 Å². The molecule has 1 aromatic heterocycles. The average molecular weight is 381 g/mol. The van der Waals surface area contributed by atoms with Crippen molar-refractivity contribution in [3.8, 4) is 5.75 Å². The summed E-state index contributed by atoms with van der Waals surface area (Å²) < 4.78 is 12.1. The van der Waals surface area contributed by atoms with Crippen LogP contribution in [0.4, 0.5) is 5.82 Å². The Kier molecular flexibility index (Phi) is 4.25. The molecule has 28 heavy (non-hydrogen) atoms. The number of fused-ring (bicyclic) bond motifs is 1. The van der Waals surface area contributed by atoms with Crippen LogP contribution < -0.4 is 10.1 Å². The standard InChI is InChI=1S/C21H23N3O4/c1-21(2)9-14-17(15(25)10-21)18(12-7-5-6-8-16(12)27-3)24-19(23-14)13(11-22-24)20(26)28-4/h5-8,11,18,23H,9-10H2,1-4H3/t18-/m0/s1. The van der Waals surface area contributed by atoms with Crippen molar-refractivity contribution >= 4 is 17.6 Å². The average Bonchev–Trinajstić information content (AvgIpc) is 3.08. The number of nitrogens with one attached hydrogen (secondary N) is 1. The Balaban J connectivity index is 1.96. The summed E-state index contributed by atoms with van der Waals surface area (Å²) in [5.74, 6) is 0.806. The molecule has 1 atom stereocenters. The Morgan fingerprint density at radius 1 is 1.25 bits per heavy atom. The molecule has 7 nitrogen and oxygen atoms in total. The normalized spacial score (nSPS) is 20.1. The van der Waals surface area contributed by atoms with Gasteiger partial charge in [-0.15, -0.1) is 0 Å². The summed E-state index contributed by atoms with van der Waals surface area (Å²) in [6.45, 7) is 4.14. The zero-order valence-electron chi connectivity index (χ0n) is 16.4. The lowest BCUT2D eigenvalue weighted by Crippen LogP contribution is -2.37. The molecule has 0 fully saturated rings. The third-order valence-electron chi connectivity index (χ3n) is 5.34. The molecule has 0 amide bonds. The van der Waals surface area contributed by atoms with Crippen LogP contribution in [0.25, 0.3) is 0 Å². The molecule has 0 bridgehead atoms. The SMILES string of the molecule is COC(=O)c1cnn2c1NC1=C(C(=O)CC(C)(C)C1)[C@@H]2c1ccccc1OC. The lowest BCUT2D eigenvalue weighted by Gasteiger charge is -2.39. The lowest BCUT2D eigenvalue weighted by molar-refractivity contribution is -0.118. The van der Waals surface area contributed by atoms with Crippen LogP contribution in [0, 0.1) is 5.41 Å². The van der Waals surface area contributed by atoms with Crippen molar-refractivity contribution < 1.29 is 19.1 Å². The van der Waals surface area contributed by atoms with Gasteiger partial charge in [0.15, 0.2) is 5.78 Å². The number of ether oxygens (including phenoxy) is 2. The monoisotopic (exact) mass is 381 g/mol. The number of aromatic nitrogens is 2. The minimum absolute atomic E-state index is 0.0791. The maximum atomic E-state index is 13.2. The van der Waals surface area contributed by atoms with Crippen LogP contribution in [0.5, 0.6) is 5.75 Å². The molecule has 2 aliphatic rings. The van der Waals surface area contributed by atoms with Gasteiger partial charge in [-0.3, -0.25) is 4.79 Å². The quantitative estimate of drug-likeness (QED) is 0.821. The number of carbonyl (C=O) groups excluding carboxylic acids is 2. The number of methoxy groups -OCH3 is 2. The van der Waals surface area contributed by atoms with Gasteiger partial charge in [0.2, 0.25) is 0 Å². The second-order valence-electron chi connectivity index (χ2n) is 7.95. The fraction of sp³-hybridized carbons (Fsp3) is 0.381. The first-order chi connectivity index (χ1) is 13.4. The maximum Gasteiger partial charge on any atom is 0.343 e. The minimum Gasteiger partial charge on any atom is -0.496 e. The van der Waals surface area contributed by atoms with Crippen molar-refractivity contribution in [3.05, 3.63) is 52.9 Å². The van der Waals surface area contributed by atoms with Gasteiger partial charge in [0.25, 0.3) is 0 Å². The molecule has 7 heteroatoms. The Morgan fingerprint density at radius 3 is 2.71 bits per heavy atom. The number of Topliss-reactive ketones (excluding diaryl/α,β-unsaturated/α-hetero) is 1. The van der Waals surface area contributed by atoms with Gasteiger partial charge in [-0.05, 0) is 17.9 Å². The topological polar surface area (TPSA) is 82.5 Å². The number of allylic oxidation sites excluding steroid dienone is 2. The van der Waals surface area contributed by atoms with Gasteiger partial charge in [-0.1, -0.05) is 32.0 Å². The largest absolute Gasteiger partial charge is 0.496 e. The molecule has 0 unspecified atom stereocenters. The number of anilines is 1. The van der Waals surface area contributed by atoms with Gasteiger partial charge in [0, 0.05) is 23.3 Å². The number of nitrogens with zero attached hydrogens (tertiary/aromatic N) is 2. The van der Waals surface area contributed by atoms with Crippen molar-refractivity contribution in [2.75, 3.05) is 19.5 Å². The number of hydrogen-bond donors (Lipinski definition) is 1. The van der Waals surface area contributed by atoms with Crippen molar-refractivity contribution in [1.29, 1.82) is 0 Å². The summed E-state index contributed by atoms with van der Waals surface area (Å²) in [5, 5.41) is 7.74. The molecule has 1 N–H and O–H groups in total. The first-order valence-electron chi connectivity index (χ1n) is 9.18. The second-order valence-corrected chi connectivity index (χ2v) is 7.95. The number of rotatable bonds is 3. The minimum atomic E-state index is -0.474. The van der Waals surface area contributed by atoms with Crippen LogP contribution >= 0.6 is 0 Å². The highest BCUT2D eigenvalue weighted by molar-refractivity contribution is 6.01. The van der Waals surface area contributed by atoms with Gasteiger partial charge in [0.05, 0.1) is 20.4 Å². The summed E-state index contributed by atoms with van der Waals surface area (Å²) in [6, 6.07) is 7.11. The molecule has 146 valence electrons. The zero-order chi connectivity index (χ0) is 20.1. The van der Waals surface area contributed by atoms with Gasteiger partial charge >= 0.3 is 5.97 Å². The lowest BCUT2D eigenvalue weighted by atomic mass is 9.73. The van der Waals surface area contributed by atoms with E-state index < -0.39 is 12.0 Å². The molecule has 2 aromatic rings. The predicted octanol–water partition coefficient (Wildman–Crippen LogP) is 3.34. The van der Waals surface area contributed by atoms with Gasteiger partial charge in [-0.25, -0.2) is 9.48 Å². The molecule has 2 heterocycles. The number of ketones is 1. The van der Waals surface area contributed by atoms with E-state index in [2.05, 4.69) is 24.3 Å². The van der Waals surface area contributed by atoms with E-state index in [9.17, 15) is 9.59 Å². The van der Waals surface area contributed by atoms with Crippen molar-refractivity contribution in [1.82, 2.24) is 9.78 Å². The van der Waals surface area contributed by atoms with E-state index in [4.69, 9.17) is 9.47 Å². The van der Waals surface area contributed by atoms with E-state index in [0.29, 0.717) is 35.5 Å². The zero-order valence-corrected chi connectivity index (χ0v) is 16.4. The summed E-state index contributed by atoms with van der Waals surface area (Å²) in [5.41, 5.74) is 2.51. The third kappa shape index (κ3) is 2.78. The number of carbonyl (C=O) groups is 2. The highest BCUT2D eigenvalue weighted by Crippen LogP contribution is 2.47. The molecule has 0 saturated carbocycles. The van der Waals surface area contributed by atoms with Crippen molar-refractivity contribution in [2.45, 2.75) is 32.7 Å². The van der Waals surface area contributed by atoms with Crippen LogP contribution in [0.15, 0.2) is 41.7 Å². The first kappa shape index (κ1) is 18.3. The Hall–Kier alpha value is -3.09. The highest BCUT2D eigenvalue weighted by Gasteiger charge is 2.43. The summed E-state index contributed by atoms with van der Waals surface area (Å²) >= 11 is 0. The Bertz CT molecular complexity index is 1000. The molecule has 1 aliphatic carbocycles. The first-order valence-corrected chi connectivity index (χ1v) is 9.18. The molecular formula is C21H23N3O4. The van der Waals surface area contributed by atoms with Crippen LogP contribution in [-0.4, -0.2) is 35.8 Å². The number of benzene rings is 1. The molecular weight excluding hydrogens is 358 g/mol. The van der Waals surface area contributed by atoms with Gasteiger partial charge in [-0.2, -0.15) is 5.10 Å². The molecule has 1 aliphatic heterocycles. The van der Waals surface area contributed by atoms with E-state index in [-0.39, 0.29) is 11.2 Å². The fourth-order valence-electron chi connectivity index (χ4n) is 4.15. The number of hydrogen-bond acceptors (Lipinski definition) is 6.